The summed E-state index contributed by atoms with van der Waals surface area (Å²) in [5, 5.41) is 0.602. The van der Waals surface area contributed by atoms with Crippen LogP contribution in [0.4, 0.5) is 0 Å². The molecule has 0 saturated heterocycles. The van der Waals surface area contributed by atoms with E-state index in [4.69, 9.17) is 32.7 Å². The highest BCUT2D eigenvalue weighted by Gasteiger charge is 2.12. The lowest BCUT2D eigenvalue weighted by Crippen LogP contribution is -1.96. The molecule has 1 unspecified atom stereocenters. The van der Waals surface area contributed by atoms with E-state index >= 15 is 0 Å². The number of rotatable bonds is 4. The summed E-state index contributed by atoms with van der Waals surface area (Å²) in [6.45, 7) is 0. The van der Waals surface area contributed by atoms with Crippen LogP contribution in [-0.4, -0.2) is 15.9 Å². The normalized spacial score (nSPS) is 12.0. The van der Waals surface area contributed by atoms with Gasteiger partial charge in [0.1, 0.15) is 11.5 Å². The van der Waals surface area contributed by atoms with Gasteiger partial charge in [-0.1, -0.05) is 39.1 Å². The molecule has 2 aromatic carbocycles. The number of hydrogen-bond acceptors (Lipinski definition) is 4. The minimum Gasteiger partial charge on any atom is -0.768 e. The van der Waals surface area contributed by atoms with Crippen molar-refractivity contribution in [1.29, 1.82) is 0 Å². The molecular weight excluding hydrogens is 403 g/mol. The Labute approximate surface area is 142 Å². The van der Waals surface area contributed by atoms with Gasteiger partial charge < -0.3 is 14.0 Å². The van der Waals surface area contributed by atoms with Crippen LogP contribution in [0.3, 0.4) is 0 Å². The van der Waals surface area contributed by atoms with Crippen LogP contribution in [0.25, 0.3) is 0 Å². The second-order valence-corrected chi connectivity index (χ2v) is 6.49. The van der Waals surface area contributed by atoms with Crippen molar-refractivity contribution >= 4 is 50.2 Å². The highest BCUT2D eigenvalue weighted by Crippen LogP contribution is 2.39. The van der Waals surface area contributed by atoms with Gasteiger partial charge in [0, 0.05) is 4.47 Å². The quantitative estimate of drug-likeness (QED) is 0.679. The Kier molecular flexibility index (Phi) is 5.51. The van der Waals surface area contributed by atoms with Crippen LogP contribution < -0.4 is 9.47 Å². The van der Waals surface area contributed by atoms with Crippen molar-refractivity contribution in [2.75, 3.05) is 7.11 Å². The van der Waals surface area contributed by atoms with E-state index < -0.39 is 11.1 Å². The third kappa shape index (κ3) is 3.90. The van der Waals surface area contributed by atoms with Gasteiger partial charge in [0.15, 0.2) is 5.75 Å². The van der Waals surface area contributed by atoms with Gasteiger partial charge in [-0.3, -0.25) is 4.21 Å². The second-order valence-electron chi connectivity index (χ2n) is 3.85. The zero-order valence-corrected chi connectivity index (χ0v) is 14.5. The first kappa shape index (κ1) is 16.6. The zero-order chi connectivity index (χ0) is 15.6. The molecule has 112 valence electrons. The molecule has 8 heteroatoms. The average molecular weight is 411 g/mol. The molecule has 0 radical (unpaired) electrons. The molecule has 21 heavy (non-hydrogen) atoms. The highest BCUT2D eigenvalue weighted by molar-refractivity contribution is 9.10. The standard InChI is InChI=1S/C13H9BrCl2O4S/c1-19-11-3-2-8(6-12(11)21(17)18)20-13-9(15)4-7(14)5-10(13)16/h2-6H,1H3,(H,17,18)/p-1. The van der Waals surface area contributed by atoms with E-state index in [-0.39, 0.29) is 22.1 Å². The number of ether oxygens (including phenoxy) is 2. The number of halogens is 3. The fraction of sp³-hybridized carbons (Fsp3) is 0.0769. The topological polar surface area (TPSA) is 58.6 Å². The van der Waals surface area contributed by atoms with Gasteiger partial charge in [-0.15, -0.1) is 0 Å². The van der Waals surface area contributed by atoms with Gasteiger partial charge in [0.2, 0.25) is 0 Å². The molecule has 0 aromatic heterocycles. The summed E-state index contributed by atoms with van der Waals surface area (Å²) in [4.78, 5) is -0.0145. The Morgan fingerprint density at radius 2 is 1.81 bits per heavy atom. The van der Waals surface area contributed by atoms with Gasteiger partial charge in [-0.05, 0) is 41.4 Å². The zero-order valence-electron chi connectivity index (χ0n) is 10.6. The summed E-state index contributed by atoms with van der Waals surface area (Å²) in [6, 6.07) is 7.62. The molecule has 0 aliphatic heterocycles. The predicted octanol–water partition coefficient (Wildman–Crippen LogP) is 4.79. The number of hydrogen-bond donors (Lipinski definition) is 0. The van der Waals surface area contributed by atoms with Crippen molar-refractivity contribution in [1.82, 2.24) is 0 Å². The van der Waals surface area contributed by atoms with Gasteiger partial charge in [-0.25, -0.2) is 0 Å². The van der Waals surface area contributed by atoms with Crippen LogP contribution in [-0.2, 0) is 11.1 Å². The van der Waals surface area contributed by atoms with E-state index in [1.54, 1.807) is 18.2 Å². The smallest absolute Gasteiger partial charge is 0.164 e. The van der Waals surface area contributed by atoms with Crippen molar-refractivity contribution < 1.29 is 18.2 Å². The van der Waals surface area contributed by atoms with Gasteiger partial charge >= 0.3 is 0 Å². The van der Waals surface area contributed by atoms with Crippen molar-refractivity contribution in [3.8, 4) is 17.2 Å². The van der Waals surface area contributed by atoms with Crippen LogP contribution in [0.15, 0.2) is 39.7 Å². The molecule has 0 N–H and O–H groups in total. The Morgan fingerprint density at radius 3 is 2.33 bits per heavy atom. The van der Waals surface area contributed by atoms with Gasteiger partial charge in [0.25, 0.3) is 0 Å². The summed E-state index contributed by atoms with van der Waals surface area (Å²) in [6.07, 6.45) is 0. The highest BCUT2D eigenvalue weighted by atomic mass is 79.9. The molecule has 0 heterocycles. The molecule has 4 nitrogen and oxygen atoms in total. The minimum absolute atomic E-state index is 0.0145. The average Bonchev–Trinajstić information content (AvgIpc) is 2.42. The Bertz CT molecular complexity index is 686. The van der Waals surface area contributed by atoms with Crippen LogP contribution >= 0.6 is 39.1 Å². The fourth-order valence-corrected chi connectivity index (χ4v) is 3.41. The monoisotopic (exact) mass is 409 g/mol. The summed E-state index contributed by atoms with van der Waals surface area (Å²) in [5.41, 5.74) is 0. The molecule has 0 amide bonds. The lowest BCUT2D eigenvalue weighted by atomic mass is 10.3. The Hall–Kier alpha value is -0.790. The van der Waals surface area contributed by atoms with Crippen LogP contribution in [0.5, 0.6) is 17.2 Å². The van der Waals surface area contributed by atoms with E-state index in [1.807, 2.05) is 0 Å². The SMILES string of the molecule is COc1ccc(Oc2c(Cl)cc(Br)cc2Cl)cc1S(=O)[O-]. The van der Waals surface area contributed by atoms with Crippen molar-refractivity contribution in [3.05, 3.63) is 44.8 Å². The first-order valence-corrected chi connectivity index (χ1v) is 8.14. The first-order valence-electron chi connectivity index (χ1n) is 5.52. The maximum atomic E-state index is 11.2. The fourth-order valence-electron chi connectivity index (χ4n) is 1.60. The minimum atomic E-state index is -2.45. The lowest BCUT2D eigenvalue weighted by Gasteiger charge is -2.14. The van der Waals surface area contributed by atoms with Crippen molar-refractivity contribution in [2.45, 2.75) is 4.90 Å². The van der Waals surface area contributed by atoms with E-state index in [0.717, 1.165) is 0 Å². The molecule has 0 bridgehead atoms. The van der Waals surface area contributed by atoms with E-state index in [1.165, 1.54) is 19.2 Å². The molecule has 0 aliphatic rings. The number of benzene rings is 2. The maximum absolute atomic E-state index is 11.2. The molecule has 1 atom stereocenters. The van der Waals surface area contributed by atoms with Crippen LogP contribution in [0, 0.1) is 0 Å². The van der Waals surface area contributed by atoms with Crippen molar-refractivity contribution in [3.63, 3.8) is 0 Å². The van der Waals surface area contributed by atoms with E-state index in [2.05, 4.69) is 15.9 Å². The number of methoxy groups -OCH3 is 1. The second kappa shape index (κ2) is 6.98. The largest absolute Gasteiger partial charge is 0.768 e. The third-order valence-corrected chi connectivity index (χ3v) is 4.20. The summed E-state index contributed by atoms with van der Waals surface area (Å²) in [5.74, 6) is 0.749. The van der Waals surface area contributed by atoms with E-state index in [9.17, 15) is 8.76 Å². The van der Waals surface area contributed by atoms with Crippen LogP contribution in [0.2, 0.25) is 10.0 Å². The first-order chi connectivity index (χ1) is 9.92. The molecule has 0 saturated carbocycles. The molecule has 2 aromatic rings. The summed E-state index contributed by atoms with van der Waals surface area (Å²) < 4.78 is 33.6. The van der Waals surface area contributed by atoms with Crippen molar-refractivity contribution in [2.24, 2.45) is 0 Å². The molecule has 0 fully saturated rings. The van der Waals surface area contributed by atoms with Gasteiger partial charge in [0.05, 0.1) is 22.1 Å². The predicted molar refractivity (Wildman–Crippen MR) is 84.4 cm³/mol. The molecule has 2 rings (SSSR count). The summed E-state index contributed by atoms with van der Waals surface area (Å²) >= 11 is 12.9. The van der Waals surface area contributed by atoms with Gasteiger partial charge in [-0.2, -0.15) is 0 Å². The summed E-state index contributed by atoms with van der Waals surface area (Å²) in [7, 11) is 1.38. The maximum Gasteiger partial charge on any atom is 0.164 e. The third-order valence-electron chi connectivity index (χ3n) is 2.50. The van der Waals surface area contributed by atoms with Crippen LogP contribution in [0.1, 0.15) is 0 Å². The molecule has 0 spiro atoms. The Morgan fingerprint density at radius 1 is 1.19 bits per heavy atom. The lowest BCUT2D eigenvalue weighted by molar-refractivity contribution is 0.398. The van der Waals surface area contributed by atoms with E-state index in [0.29, 0.717) is 14.5 Å². The Balaban J connectivity index is 2.41. The molecular formula is C13H8BrCl2O4S-. The molecule has 0 aliphatic carbocycles.